The maximum Gasteiger partial charge on any atom is 0.248 e. The van der Waals surface area contributed by atoms with Gasteiger partial charge >= 0.3 is 0 Å². The third kappa shape index (κ3) is 3.14. The number of aromatic nitrogens is 4. The molecule has 0 saturated carbocycles. The molecule has 2 aromatic rings. The number of amides is 1. The lowest BCUT2D eigenvalue weighted by atomic mass is 10.1. The summed E-state index contributed by atoms with van der Waals surface area (Å²) >= 11 is 0. The average Bonchev–Trinajstić information content (AvgIpc) is 3.33. The van der Waals surface area contributed by atoms with Gasteiger partial charge in [0.15, 0.2) is 0 Å². The lowest BCUT2D eigenvalue weighted by Crippen LogP contribution is -2.40. The van der Waals surface area contributed by atoms with Gasteiger partial charge in [0.05, 0.1) is 45.0 Å². The van der Waals surface area contributed by atoms with E-state index in [0.717, 1.165) is 17.9 Å². The number of hydrogen-bond donors (Lipinski definition) is 0. The molecule has 0 N–H and O–H groups in total. The Morgan fingerprint density at radius 3 is 3.16 bits per heavy atom. The number of hydrogen-bond acceptors (Lipinski definition) is 7. The van der Waals surface area contributed by atoms with Crippen LogP contribution in [-0.4, -0.2) is 57.5 Å². The number of carbonyl (C=O) groups excluding carboxylic acids is 1. The summed E-state index contributed by atoms with van der Waals surface area (Å²) in [5, 5.41) is 5.87. The van der Waals surface area contributed by atoms with E-state index in [2.05, 4.69) is 20.0 Å². The van der Waals surface area contributed by atoms with E-state index in [4.69, 9.17) is 9.57 Å². The zero-order chi connectivity index (χ0) is 17.2. The molecule has 2 aliphatic heterocycles. The summed E-state index contributed by atoms with van der Waals surface area (Å²) in [7, 11) is 1.58. The first-order valence-corrected chi connectivity index (χ1v) is 8.31. The monoisotopic (exact) mass is 344 g/mol. The largest absolute Gasteiger partial charge is 0.481 e. The molecular formula is C16H20N6O3. The van der Waals surface area contributed by atoms with Crippen molar-refractivity contribution in [3.05, 3.63) is 30.4 Å². The van der Waals surface area contributed by atoms with Gasteiger partial charge in [0.2, 0.25) is 11.8 Å². The molecule has 0 radical (unpaired) electrons. The highest BCUT2D eigenvalue weighted by molar-refractivity contribution is 5.75. The fourth-order valence-electron chi connectivity index (χ4n) is 3.28. The van der Waals surface area contributed by atoms with Crippen molar-refractivity contribution >= 4 is 11.7 Å². The van der Waals surface area contributed by atoms with Crippen molar-refractivity contribution in [2.75, 3.05) is 31.7 Å². The Morgan fingerprint density at radius 1 is 1.44 bits per heavy atom. The van der Waals surface area contributed by atoms with Gasteiger partial charge in [0.25, 0.3) is 0 Å². The van der Waals surface area contributed by atoms with Gasteiger partial charge in [-0.1, -0.05) is 0 Å². The second kappa shape index (κ2) is 6.67. The molecule has 1 saturated heterocycles. The highest BCUT2D eigenvalue weighted by atomic mass is 16.7. The summed E-state index contributed by atoms with van der Waals surface area (Å²) in [5.41, 5.74) is 1.05. The number of hydroxylamine groups is 2. The molecule has 2 aliphatic rings. The molecule has 1 amide bonds. The summed E-state index contributed by atoms with van der Waals surface area (Å²) in [5.74, 6) is 1.28. The number of fused-ring (bicyclic) bond motifs is 1. The Bertz CT molecular complexity index is 758. The second-order valence-corrected chi connectivity index (χ2v) is 6.11. The number of rotatable bonds is 4. The molecule has 9 nitrogen and oxygen atoms in total. The smallest absolute Gasteiger partial charge is 0.248 e. The number of ether oxygens (including phenoxy) is 1. The topological polar surface area (TPSA) is 85.6 Å². The molecule has 0 bridgehead atoms. The van der Waals surface area contributed by atoms with Crippen LogP contribution in [0.25, 0.3) is 0 Å². The Labute approximate surface area is 145 Å². The number of methoxy groups -OCH3 is 1. The van der Waals surface area contributed by atoms with E-state index in [1.165, 1.54) is 11.4 Å². The molecule has 4 rings (SSSR count). The summed E-state index contributed by atoms with van der Waals surface area (Å²) in [4.78, 5) is 28.4. The van der Waals surface area contributed by atoms with E-state index in [-0.39, 0.29) is 11.9 Å². The van der Waals surface area contributed by atoms with E-state index in [1.54, 1.807) is 19.4 Å². The molecule has 132 valence electrons. The fourth-order valence-corrected chi connectivity index (χ4v) is 3.28. The van der Waals surface area contributed by atoms with Crippen molar-refractivity contribution in [1.29, 1.82) is 0 Å². The summed E-state index contributed by atoms with van der Waals surface area (Å²) in [6.07, 6.45) is 4.48. The molecule has 2 aromatic heterocycles. The first-order valence-electron chi connectivity index (χ1n) is 8.31. The van der Waals surface area contributed by atoms with Crippen LogP contribution in [-0.2, 0) is 16.2 Å². The molecule has 9 heteroatoms. The van der Waals surface area contributed by atoms with E-state index in [0.29, 0.717) is 38.5 Å². The van der Waals surface area contributed by atoms with Gasteiger partial charge < -0.3 is 9.64 Å². The minimum atomic E-state index is -0.0728. The van der Waals surface area contributed by atoms with Crippen molar-refractivity contribution in [2.24, 2.45) is 0 Å². The molecule has 1 atom stereocenters. The minimum absolute atomic E-state index is 0.00827. The molecule has 0 spiro atoms. The van der Waals surface area contributed by atoms with Crippen molar-refractivity contribution in [1.82, 2.24) is 24.8 Å². The SMILES string of the molecule is COc1cc(N2Cc3ccnn3C(CC(=O)N3CCCO3)C2)ncn1. The van der Waals surface area contributed by atoms with E-state index in [1.807, 2.05) is 10.7 Å². The third-order valence-corrected chi connectivity index (χ3v) is 4.48. The van der Waals surface area contributed by atoms with Gasteiger partial charge in [-0.25, -0.2) is 15.0 Å². The molecule has 1 unspecified atom stereocenters. The summed E-state index contributed by atoms with van der Waals surface area (Å²) < 4.78 is 7.12. The van der Waals surface area contributed by atoms with Crippen molar-refractivity contribution in [3.8, 4) is 5.88 Å². The second-order valence-electron chi connectivity index (χ2n) is 6.11. The van der Waals surface area contributed by atoms with Gasteiger partial charge in [-0.3, -0.25) is 14.3 Å². The van der Waals surface area contributed by atoms with Gasteiger partial charge in [0.1, 0.15) is 12.1 Å². The van der Waals surface area contributed by atoms with E-state index in [9.17, 15) is 4.79 Å². The highest BCUT2D eigenvalue weighted by Crippen LogP contribution is 2.28. The Hall–Kier alpha value is -2.68. The van der Waals surface area contributed by atoms with Crippen LogP contribution >= 0.6 is 0 Å². The standard InChI is InChI=1S/C16H20N6O3/c1-24-15-8-14(17-11-18-15)20-9-12-3-4-19-22(12)13(10-20)7-16(23)21-5-2-6-25-21/h3-4,8,11,13H,2,5-7,9-10H2,1H3. The van der Waals surface area contributed by atoms with Crippen LogP contribution in [0.15, 0.2) is 24.7 Å². The quantitative estimate of drug-likeness (QED) is 0.811. The van der Waals surface area contributed by atoms with Crippen LogP contribution in [0.2, 0.25) is 0 Å². The fraction of sp³-hybridized carbons (Fsp3) is 0.500. The first-order chi connectivity index (χ1) is 12.2. The lowest BCUT2D eigenvalue weighted by molar-refractivity contribution is -0.169. The van der Waals surface area contributed by atoms with E-state index < -0.39 is 0 Å². The van der Waals surface area contributed by atoms with Crippen LogP contribution < -0.4 is 9.64 Å². The zero-order valence-electron chi connectivity index (χ0n) is 14.0. The molecule has 1 fully saturated rings. The minimum Gasteiger partial charge on any atom is -0.481 e. The molecule has 4 heterocycles. The predicted molar refractivity (Wildman–Crippen MR) is 87.8 cm³/mol. The third-order valence-electron chi connectivity index (χ3n) is 4.48. The Morgan fingerprint density at radius 2 is 2.36 bits per heavy atom. The van der Waals surface area contributed by atoms with Crippen molar-refractivity contribution < 1.29 is 14.4 Å². The summed E-state index contributed by atoms with van der Waals surface area (Å²) in [6, 6.07) is 3.69. The van der Waals surface area contributed by atoms with E-state index >= 15 is 0 Å². The highest BCUT2D eigenvalue weighted by Gasteiger charge is 2.31. The van der Waals surface area contributed by atoms with Crippen LogP contribution in [0.4, 0.5) is 5.82 Å². The van der Waals surface area contributed by atoms with Gasteiger partial charge in [-0.2, -0.15) is 5.10 Å². The maximum atomic E-state index is 12.5. The molecule has 25 heavy (non-hydrogen) atoms. The molecular weight excluding hydrogens is 324 g/mol. The Kier molecular flexibility index (Phi) is 4.22. The van der Waals surface area contributed by atoms with Crippen LogP contribution in [0.3, 0.4) is 0 Å². The summed E-state index contributed by atoms with van der Waals surface area (Å²) in [6.45, 7) is 2.57. The normalized spacial score (nSPS) is 19.8. The van der Waals surface area contributed by atoms with Gasteiger partial charge in [-0.15, -0.1) is 0 Å². The molecule has 0 aliphatic carbocycles. The first kappa shape index (κ1) is 15.8. The van der Waals surface area contributed by atoms with Crippen LogP contribution in [0, 0.1) is 0 Å². The lowest BCUT2D eigenvalue weighted by Gasteiger charge is -2.34. The van der Waals surface area contributed by atoms with Crippen molar-refractivity contribution in [2.45, 2.75) is 25.4 Å². The van der Waals surface area contributed by atoms with Crippen LogP contribution in [0.1, 0.15) is 24.6 Å². The maximum absolute atomic E-state index is 12.5. The van der Waals surface area contributed by atoms with Gasteiger partial charge in [-0.05, 0) is 12.5 Å². The van der Waals surface area contributed by atoms with Crippen LogP contribution in [0.5, 0.6) is 5.88 Å². The zero-order valence-corrected chi connectivity index (χ0v) is 14.0. The average molecular weight is 344 g/mol. The van der Waals surface area contributed by atoms with Crippen molar-refractivity contribution in [3.63, 3.8) is 0 Å². The Balaban J connectivity index is 1.55. The predicted octanol–water partition coefficient (Wildman–Crippen LogP) is 0.797. The number of carbonyl (C=O) groups is 1. The molecule has 0 aromatic carbocycles. The number of anilines is 1. The number of nitrogens with zero attached hydrogens (tertiary/aromatic N) is 6. The van der Waals surface area contributed by atoms with Gasteiger partial charge in [0, 0.05) is 18.8 Å².